The van der Waals surface area contributed by atoms with Gasteiger partial charge in [0.1, 0.15) is 18.1 Å². The highest BCUT2D eigenvalue weighted by Crippen LogP contribution is 2.35. The van der Waals surface area contributed by atoms with Crippen molar-refractivity contribution in [3.05, 3.63) is 70.3 Å². The lowest BCUT2D eigenvalue weighted by Gasteiger charge is -2.12. The van der Waals surface area contributed by atoms with Gasteiger partial charge in [-0.15, -0.1) is 0 Å². The van der Waals surface area contributed by atoms with Crippen LogP contribution >= 0.6 is 11.8 Å². The summed E-state index contributed by atoms with van der Waals surface area (Å²) in [5, 5.41) is 20.5. The third kappa shape index (κ3) is 4.95. The summed E-state index contributed by atoms with van der Waals surface area (Å²) in [4.78, 5) is 61.2. The van der Waals surface area contributed by atoms with Crippen LogP contribution < -0.4 is 14.8 Å². The second-order valence-corrected chi connectivity index (χ2v) is 8.99. The lowest BCUT2D eigenvalue weighted by Crippen LogP contribution is -2.36. The van der Waals surface area contributed by atoms with E-state index in [1.54, 1.807) is 18.2 Å². The molecule has 0 aliphatic carbocycles. The lowest BCUT2D eigenvalue weighted by atomic mass is 10.0. The van der Waals surface area contributed by atoms with Crippen molar-refractivity contribution in [1.82, 2.24) is 4.90 Å². The van der Waals surface area contributed by atoms with Gasteiger partial charge in [-0.25, -0.2) is 9.59 Å². The summed E-state index contributed by atoms with van der Waals surface area (Å²) in [6.07, 6.45) is 1.31. The number of thioether (sulfide) groups is 1. The maximum Gasteiger partial charge on any atom is 0.335 e. The minimum Gasteiger partial charge on any atom is -0.478 e. The number of carboxylic acid groups (broad SMARTS) is 2. The molecule has 0 atom stereocenters. The summed E-state index contributed by atoms with van der Waals surface area (Å²) >= 11 is 0.626. The van der Waals surface area contributed by atoms with Gasteiger partial charge in [0.2, 0.25) is 12.7 Å². The Bertz CT molecular complexity index is 1520. The van der Waals surface area contributed by atoms with Gasteiger partial charge in [0.05, 0.1) is 16.0 Å². The summed E-state index contributed by atoms with van der Waals surface area (Å²) in [5.41, 5.74) is 0.133. The molecule has 0 bridgehead atoms. The molecule has 2 aromatic carbocycles. The number of fused-ring (bicyclic) bond motifs is 1. The smallest absolute Gasteiger partial charge is 0.335 e. The SMILES string of the molecule is O=C(CN1C(=O)S/C(=C/c2ccc(-c3cc(C(=O)O)cc(C(=O)O)c3)o2)C1=O)Nc1ccc2c(c1)OCO2. The van der Waals surface area contributed by atoms with Crippen molar-refractivity contribution < 1.29 is 48.1 Å². The summed E-state index contributed by atoms with van der Waals surface area (Å²) in [5.74, 6) is -2.59. The standard InChI is InChI=1S/C25H16N2O10S/c28-21(26-15-1-3-18-19(8-15)36-11-35-18)10-27-22(29)20(38-25(27)34)9-16-2-4-17(37-16)12-5-13(23(30)31)7-14(6-12)24(32)33/h1-9H,10-11H2,(H,26,28)(H,30,31)(H,32,33)/b20-9+. The van der Waals surface area contributed by atoms with Crippen LogP contribution in [0.5, 0.6) is 11.5 Å². The largest absolute Gasteiger partial charge is 0.478 e. The van der Waals surface area contributed by atoms with Gasteiger partial charge in [-0.3, -0.25) is 19.3 Å². The van der Waals surface area contributed by atoms with Crippen LogP contribution in [0.15, 0.2) is 57.9 Å². The van der Waals surface area contributed by atoms with Crippen molar-refractivity contribution >= 4 is 52.5 Å². The molecule has 3 N–H and O–H groups in total. The molecule has 2 aliphatic rings. The predicted octanol–water partition coefficient (Wildman–Crippen LogP) is 3.75. The van der Waals surface area contributed by atoms with E-state index < -0.39 is 35.5 Å². The third-order valence-corrected chi connectivity index (χ3v) is 6.35. The molecule has 0 spiro atoms. The van der Waals surface area contributed by atoms with E-state index in [0.717, 1.165) is 11.0 Å². The maximum atomic E-state index is 12.8. The molecular formula is C25H16N2O10S. The van der Waals surface area contributed by atoms with Gasteiger partial charge < -0.3 is 29.4 Å². The first-order valence-electron chi connectivity index (χ1n) is 10.8. The van der Waals surface area contributed by atoms with Crippen LogP contribution in [-0.4, -0.2) is 57.4 Å². The molecule has 0 radical (unpaired) electrons. The number of hydrogen-bond donors (Lipinski definition) is 3. The first-order valence-corrected chi connectivity index (χ1v) is 11.7. The molecule has 13 heteroatoms. The van der Waals surface area contributed by atoms with E-state index >= 15 is 0 Å². The first kappa shape index (κ1) is 24.6. The molecule has 2 aliphatic heterocycles. The molecule has 1 aromatic heterocycles. The van der Waals surface area contributed by atoms with E-state index in [0.29, 0.717) is 28.9 Å². The number of carbonyl (C=O) groups is 5. The number of hydrogen-bond acceptors (Lipinski definition) is 9. The Morgan fingerprint density at radius 1 is 0.947 bits per heavy atom. The maximum absolute atomic E-state index is 12.8. The van der Waals surface area contributed by atoms with Gasteiger partial charge in [-0.1, -0.05) is 0 Å². The predicted molar refractivity (Wildman–Crippen MR) is 132 cm³/mol. The van der Waals surface area contributed by atoms with Crippen LogP contribution in [0.1, 0.15) is 26.5 Å². The monoisotopic (exact) mass is 536 g/mol. The number of anilines is 1. The van der Waals surface area contributed by atoms with Crippen molar-refractivity contribution in [2.45, 2.75) is 0 Å². The highest BCUT2D eigenvalue weighted by Gasteiger charge is 2.36. The fourth-order valence-electron chi connectivity index (χ4n) is 3.69. The van der Waals surface area contributed by atoms with Crippen molar-refractivity contribution in [2.75, 3.05) is 18.7 Å². The fraction of sp³-hybridized carbons (Fsp3) is 0.0800. The van der Waals surface area contributed by atoms with E-state index in [4.69, 9.17) is 13.9 Å². The van der Waals surface area contributed by atoms with E-state index in [9.17, 15) is 34.2 Å². The minimum atomic E-state index is -1.31. The van der Waals surface area contributed by atoms with Crippen LogP contribution in [0.25, 0.3) is 17.4 Å². The molecular weight excluding hydrogens is 520 g/mol. The number of carbonyl (C=O) groups excluding carboxylic acids is 3. The van der Waals surface area contributed by atoms with Gasteiger partial charge in [0, 0.05) is 23.4 Å². The van der Waals surface area contributed by atoms with Crippen molar-refractivity contribution in [3.8, 4) is 22.8 Å². The number of furan rings is 1. The van der Waals surface area contributed by atoms with Crippen LogP contribution in [0.2, 0.25) is 0 Å². The zero-order valence-electron chi connectivity index (χ0n) is 19.1. The molecule has 192 valence electrons. The molecule has 38 heavy (non-hydrogen) atoms. The average Bonchev–Trinajstić information content (AvgIpc) is 3.60. The van der Waals surface area contributed by atoms with Gasteiger partial charge in [-0.05, 0) is 54.2 Å². The second-order valence-electron chi connectivity index (χ2n) is 8.00. The van der Waals surface area contributed by atoms with E-state index in [2.05, 4.69) is 5.32 Å². The molecule has 3 amide bonds. The molecule has 0 saturated carbocycles. The van der Waals surface area contributed by atoms with E-state index in [1.807, 2.05) is 0 Å². The number of nitrogens with zero attached hydrogens (tertiary/aromatic N) is 1. The Kier molecular flexibility index (Phi) is 6.34. The number of imide groups is 1. The molecule has 5 rings (SSSR count). The average molecular weight is 536 g/mol. The highest BCUT2D eigenvalue weighted by molar-refractivity contribution is 8.18. The Labute approximate surface area is 217 Å². The Balaban J connectivity index is 1.29. The van der Waals surface area contributed by atoms with Crippen molar-refractivity contribution in [3.63, 3.8) is 0 Å². The number of rotatable bonds is 7. The normalized spacial score (nSPS) is 15.3. The van der Waals surface area contributed by atoms with Crippen LogP contribution in [0, 0.1) is 0 Å². The molecule has 1 fully saturated rings. The molecule has 1 saturated heterocycles. The zero-order chi connectivity index (χ0) is 27.0. The number of carboxylic acids is 2. The highest BCUT2D eigenvalue weighted by atomic mass is 32.2. The molecule has 3 heterocycles. The third-order valence-electron chi connectivity index (χ3n) is 5.44. The van der Waals surface area contributed by atoms with Crippen LogP contribution in [0.4, 0.5) is 10.5 Å². The number of aromatic carboxylic acids is 2. The Morgan fingerprint density at radius 2 is 1.66 bits per heavy atom. The van der Waals surface area contributed by atoms with E-state index in [1.165, 1.54) is 30.3 Å². The fourth-order valence-corrected chi connectivity index (χ4v) is 4.50. The van der Waals surface area contributed by atoms with Gasteiger partial charge in [0.15, 0.2) is 11.5 Å². The minimum absolute atomic E-state index is 0.0114. The number of nitrogens with one attached hydrogen (secondary N) is 1. The number of ether oxygens (including phenoxy) is 2. The van der Waals surface area contributed by atoms with Gasteiger partial charge in [-0.2, -0.15) is 0 Å². The topological polar surface area (TPSA) is 173 Å². The van der Waals surface area contributed by atoms with Gasteiger partial charge >= 0.3 is 11.9 Å². The molecule has 3 aromatic rings. The lowest BCUT2D eigenvalue weighted by molar-refractivity contribution is -0.127. The Hall–Kier alpha value is -5.04. The van der Waals surface area contributed by atoms with Crippen LogP contribution in [-0.2, 0) is 9.59 Å². The van der Waals surface area contributed by atoms with Crippen LogP contribution in [0.3, 0.4) is 0 Å². The Morgan fingerprint density at radius 3 is 2.37 bits per heavy atom. The molecule has 12 nitrogen and oxygen atoms in total. The number of amides is 3. The molecule has 0 unspecified atom stereocenters. The summed E-state index contributed by atoms with van der Waals surface area (Å²) < 4.78 is 16.1. The summed E-state index contributed by atoms with van der Waals surface area (Å²) in [6, 6.07) is 11.3. The summed E-state index contributed by atoms with van der Waals surface area (Å²) in [6.45, 7) is -0.440. The van der Waals surface area contributed by atoms with Crippen molar-refractivity contribution in [2.24, 2.45) is 0 Å². The zero-order valence-corrected chi connectivity index (χ0v) is 19.9. The van der Waals surface area contributed by atoms with E-state index in [-0.39, 0.29) is 39.9 Å². The van der Waals surface area contributed by atoms with Gasteiger partial charge in [0.25, 0.3) is 11.1 Å². The first-order chi connectivity index (χ1) is 18.2. The summed E-state index contributed by atoms with van der Waals surface area (Å²) in [7, 11) is 0. The quantitative estimate of drug-likeness (QED) is 0.375. The second kappa shape index (κ2) is 9.78. The number of benzene rings is 2. The van der Waals surface area contributed by atoms with Crippen molar-refractivity contribution in [1.29, 1.82) is 0 Å².